The number of hydrogen-bond acceptors (Lipinski definition) is 3. The number of rotatable bonds is 10. The number of ether oxygens (including phenoxy) is 1. The minimum absolute atomic E-state index is 0.167. The lowest BCUT2D eigenvalue weighted by atomic mass is 10.1. The van der Waals surface area contributed by atoms with Crippen molar-refractivity contribution in [1.82, 2.24) is 10.6 Å². The number of hydrogen-bond donors (Lipinski definition) is 2. The van der Waals surface area contributed by atoms with Crippen LogP contribution in [0.2, 0.25) is 0 Å². The Bertz CT molecular complexity index is 215. The van der Waals surface area contributed by atoms with Gasteiger partial charge in [-0.2, -0.15) is 0 Å². The Morgan fingerprint density at radius 3 is 2.71 bits per heavy atom. The van der Waals surface area contributed by atoms with Crippen molar-refractivity contribution < 1.29 is 9.53 Å². The Hall–Kier alpha value is -0.610. The molecule has 0 aromatic heterocycles. The smallest absolute Gasteiger partial charge is 0.221 e. The molecule has 1 fully saturated rings. The fourth-order valence-corrected chi connectivity index (χ4v) is 1.42. The van der Waals surface area contributed by atoms with Crippen molar-refractivity contribution in [2.24, 2.45) is 5.92 Å². The largest absolute Gasteiger partial charge is 0.380 e. The van der Waals surface area contributed by atoms with E-state index in [9.17, 15) is 4.79 Å². The van der Waals surface area contributed by atoms with Gasteiger partial charge in [0.1, 0.15) is 0 Å². The first-order valence-electron chi connectivity index (χ1n) is 6.76. The molecular formula is C13H26N2O2. The molecule has 0 saturated heterocycles. The van der Waals surface area contributed by atoms with Crippen LogP contribution in [-0.4, -0.2) is 38.3 Å². The van der Waals surface area contributed by atoms with Gasteiger partial charge in [-0.1, -0.05) is 13.8 Å². The molecule has 0 radical (unpaired) electrons. The summed E-state index contributed by atoms with van der Waals surface area (Å²) in [5.41, 5.74) is 0. The molecule has 0 unspecified atom stereocenters. The Morgan fingerprint density at radius 1 is 1.29 bits per heavy atom. The van der Waals surface area contributed by atoms with E-state index in [-0.39, 0.29) is 5.91 Å². The van der Waals surface area contributed by atoms with Crippen LogP contribution in [0, 0.1) is 5.92 Å². The first-order chi connectivity index (χ1) is 8.18. The van der Waals surface area contributed by atoms with Crippen molar-refractivity contribution in [2.45, 2.75) is 45.6 Å². The molecule has 0 aliphatic heterocycles. The molecule has 1 rings (SSSR count). The third-order valence-electron chi connectivity index (χ3n) is 2.73. The lowest BCUT2D eigenvalue weighted by molar-refractivity contribution is -0.121. The average molecular weight is 242 g/mol. The third kappa shape index (κ3) is 9.12. The molecule has 1 amide bonds. The van der Waals surface area contributed by atoms with Crippen molar-refractivity contribution in [1.29, 1.82) is 0 Å². The summed E-state index contributed by atoms with van der Waals surface area (Å²) in [6.07, 6.45) is 4.00. The Morgan fingerprint density at radius 2 is 2.06 bits per heavy atom. The number of carbonyl (C=O) groups is 1. The van der Waals surface area contributed by atoms with Crippen molar-refractivity contribution in [3.8, 4) is 0 Å². The van der Waals surface area contributed by atoms with Gasteiger partial charge >= 0.3 is 0 Å². The normalized spacial score (nSPS) is 15.2. The van der Waals surface area contributed by atoms with E-state index in [1.165, 1.54) is 0 Å². The molecule has 0 atom stereocenters. The Balaban J connectivity index is 1.76. The highest BCUT2D eigenvalue weighted by atomic mass is 16.5. The molecule has 0 aromatic carbocycles. The van der Waals surface area contributed by atoms with Gasteiger partial charge in [0, 0.05) is 32.2 Å². The quantitative estimate of drug-likeness (QED) is 0.568. The Kier molecular flexibility index (Phi) is 7.21. The first-order valence-corrected chi connectivity index (χ1v) is 6.76. The highest BCUT2D eigenvalue weighted by Gasteiger charge is 2.22. The summed E-state index contributed by atoms with van der Waals surface area (Å²) in [7, 11) is 0. The maximum absolute atomic E-state index is 11.3. The third-order valence-corrected chi connectivity index (χ3v) is 2.73. The van der Waals surface area contributed by atoms with Crippen molar-refractivity contribution >= 4 is 5.91 Å². The minimum atomic E-state index is 0.167. The van der Waals surface area contributed by atoms with E-state index in [0.29, 0.717) is 18.4 Å². The molecule has 1 saturated carbocycles. The van der Waals surface area contributed by atoms with Gasteiger partial charge in [-0.25, -0.2) is 0 Å². The van der Waals surface area contributed by atoms with Crippen LogP contribution in [0.1, 0.15) is 39.5 Å². The lowest BCUT2D eigenvalue weighted by Gasteiger charge is -2.07. The summed E-state index contributed by atoms with van der Waals surface area (Å²) in [6, 6.07) is 0.474. The van der Waals surface area contributed by atoms with Gasteiger partial charge in [-0.05, 0) is 25.2 Å². The zero-order chi connectivity index (χ0) is 12.5. The van der Waals surface area contributed by atoms with Crippen LogP contribution in [-0.2, 0) is 9.53 Å². The number of nitrogens with one attached hydrogen (secondary N) is 2. The van der Waals surface area contributed by atoms with Crippen molar-refractivity contribution in [2.75, 3.05) is 26.3 Å². The SMILES string of the molecule is CC(C)CCOCCNCCC(=O)NC1CC1. The molecule has 100 valence electrons. The van der Waals surface area contributed by atoms with Crippen LogP contribution < -0.4 is 10.6 Å². The fourth-order valence-electron chi connectivity index (χ4n) is 1.42. The molecule has 4 heteroatoms. The second kappa shape index (κ2) is 8.48. The molecule has 17 heavy (non-hydrogen) atoms. The monoisotopic (exact) mass is 242 g/mol. The van der Waals surface area contributed by atoms with Crippen LogP contribution in [0.25, 0.3) is 0 Å². The van der Waals surface area contributed by atoms with Gasteiger partial charge < -0.3 is 15.4 Å². The predicted molar refractivity (Wildman–Crippen MR) is 68.9 cm³/mol. The highest BCUT2D eigenvalue weighted by molar-refractivity contribution is 5.76. The molecule has 1 aliphatic carbocycles. The molecule has 0 heterocycles. The van der Waals surface area contributed by atoms with Crippen LogP contribution in [0.4, 0.5) is 0 Å². The maximum atomic E-state index is 11.3. The summed E-state index contributed by atoms with van der Waals surface area (Å²) in [5, 5.41) is 6.18. The summed E-state index contributed by atoms with van der Waals surface area (Å²) in [5.74, 6) is 0.870. The molecule has 1 aliphatic rings. The first kappa shape index (κ1) is 14.5. The van der Waals surface area contributed by atoms with Gasteiger partial charge in [-0.3, -0.25) is 4.79 Å². The summed E-state index contributed by atoms with van der Waals surface area (Å²) in [6.45, 7) is 7.53. The summed E-state index contributed by atoms with van der Waals surface area (Å²) < 4.78 is 5.46. The zero-order valence-corrected chi connectivity index (χ0v) is 11.1. The average Bonchev–Trinajstić information content (AvgIpc) is 3.05. The molecule has 0 bridgehead atoms. The minimum Gasteiger partial charge on any atom is -0.380 e. The van der Waals surface area contributed by atoms with Crippen molar-refractivity contribution in [3.05, 3.63) is 0 Å². The topological polar surface area (TPSA) is 50.4 Å². The van der Waals surface area contributed by atoms with Gasteiger partial charge in [0.2, 0.25) is 5.91 Å². The van der Waals surface area contributed by atoms with E-state index in [2.05, 4.69) is 24.5 Å². The predicted octanol–water partition coefficient (Wildman–Crippen LogP) is 1.31. The van der Waals surface area contributed by atoms with E-state index in [0.717, 1.165) is 45.6 Å². The maximum Gasteiger partial charge on any atom is 0.221 e. The molecule has 0 aromatic rings. The van der Waals surface area contributed by atoms with E-state index in [1.54, 1.807) is 0 Å². The van der Waals surface area contributed by atoms with Crippen LogP contribution in [0.15, 0.2) is 0 Å². The summed E-state index contributed by atoms with van der Waals surface area (Å²) >= 11 is 0. The van der Waals surface area contributed by atoms with E-state index < -0.39 is 0 Å². The van der Waals surface area contributed by atoms with Gasteiger partial charge in [0.15, 0.2) is 0 Å². The van der Waals surface area contributed by atoms with Crippen molar-refractivity contribution in [3.63, 3.8) is 0 Å². The second-order valence-electron chi connectivity index (χ2n) is 5.14. The highest BCUT2D eigenvalue weighted by Crippen LogP contribution is 2.18. The Labute approximate surface area is 104 Å². The van der Waals surface area contributed by atoms with E-state index in [1.807, 2.05) is 0 Å². The van der Waals surface area contributed by atoms with Gasteiger partial charge in [0.05, 0.1) is 6.61 Å². The fraction of sp³-hybridized carbons (Fsp3) is 0.923. The van der Waals surface area contributed by atoms with Gasteiger partial charge in [-0.15, -0.1) is 0 Å². The molecule has 0 spiro atoms. The second-order valence-corrected chi connectivity index (χ2v) is 5.14. The van der Waals surface area contributed by atoms with E-state index in [4.69, 9.17) is 4.74 Å². The number of amides is 1. The van der Waals surface area contributed by atoms with Crippen LogP contribution in [0.3, 0.4) is 0 Å². The van der Waals surface area contributed by atoms with E-state index >= 15 is 0 Å². The standard InChI is InChI=1S/C13H26N2O2/c1-11(2)6-9-17-10-8-14-7-5-13(16)15-12-3-4-12/h11-12,14H,3-10H2,1-2H3,(H,15,16). The van der Waals surface area contributed by atoms with Crippen LogP contribution >= 0.6 is 0 Å². The van der Waals surface area contributed by atoms with Gasteiger partial charge in [0.25, 0.3) is 0 Å². The number of carbonyl (C=O) groups excluding carboxylic acids is 1. The zero-order valence-electron chi connectivity index (χ0n) is 11.1. The van der Waals surface area contributed by atoms with Crippen LogP contribution in [0.5, 0.6) is 0 Å². The molecular weight excluding hydrogens is 216 g/mol. The lowest BCUT2D eigenvalue weighted by Crippen LogP contribution is -2.30. The molecule has 4 nitrogen and oxygen atoms in total. The molecule has 2 N–H and O–H groups in total. The summed E-state index contributed by atoms with van der Waals surface area (Å²) in [4.78, 5) is 11.3.